The van der Waals surface area contributed by atoms with E-state index in [2.05, 4.69) is 15.0 Å². The minimum Gasteiger partial charge on any atom is -0.370 e. The maximum absolute atomic E-state index is 12.5. The highest BCUT2D eigenvalue weighted by atomic mass is 16.5. The number of carbonyl (C=O) groups excluding carboxylic acids is 1. The molecule has 1 atom stereocenters. The van der Waals surface area contributed by atoms with Gasteiger partial charge in [0.25, 0.3) is 5.91 Å². The number of aryl methyl sites for hydroxylation is 1. The summed E-state index contributed by atoms with van der Waals surface area (Å²) in [5.41, 5.74) is 2.10. The lowest BCUT2D eigenvalue weighted by molar-refractivity contribution is -0.00802. The first-order valence-corrected chi connectivity index (χ1v) is 7.82. The fourth-order valence-electron chi connectivity index (χ4n) is 2.61. The molecule has 120 valence electrons. The van der Waals surface area contributed by atoms with Crippen LogP contribution in [0.1, 0.15) is 34.7 Å². The minimum absolute atomic E-state index is 0.0353. The normalized spacial score (nSPS) is 18.0. The Morgan fingerprint density at radius 2 is 2.22 bits per heavy atom. The van der Waals surface area contributed by atoms with E-state index < -0.39 is 0 Å². The van der Waals surface area contributed by atoms with Crippen LogP contribution >= 0.6 is 0 Å². The van der Waals surface area contributed by atoms with Crippen LogP contribution in [-0.2, 0) is 11.3 Å². The second kappa shape index (κ2) is 7.28. The van der Waals surface area contributed by atoms with Gasteiger partial charge in [0, 0.05) is 25.5 Å². The lowest BCUT2D eigenvalue weighted by Gasteiger charge is -2.32. The Bertz CT molecular complexity index is 645. The topological polar surface area (TPSA) is 68.2 Å². The first-order valence-electron chi connectivity index (χ1n) is 7.82. The number of amides is 1. The SMILES string of the molecule is Cc1cnc(C(=O)N2CCCC(OCc3ccccn3)C2)cn1. The summed E-state index contributed by atoms with van der Waals surface area (Å²) in [4.78, 5) is 26.8. The molecule has 1 saturated heterocycles. The van der Waals surface area contributed by atoms with Gasteiger partial charge in [0.15, 0.2) is 0 Å². The minimum atomic E-state index is -0.0800. The molecule has 1 fully saturated rings. The predicted molar refractivity (Wildman–Crippen MR) is 84.7 cm³/mol. The third-order valence-corrected chi connectivity index (χ3v) is 3.86. The summed E-state index contributed by atoms with van der Waals surface area (Å²) in [6.45, 7) is 3.64. The van der Waals surface area contributed by atoms with Gasteiger partial charge in [-0.15, -0.1) is 0 Å². The average molecular weight is 312 g/mol. The van der Waals surface area contributed by atoms with Crippen LogP contribution < -0.4 is 0 Å². The average Bonchev–Trinajstić information content (AvgIpc) is 2.61. The molecule has 0 aliphatic carbocycles. The van der Waals surface area contributed by atoms with E-state index in [1.54, 1.807) is 17.3 Å². The van der Waals surface area contributed by atoms with Crippen molar-refractivity contribution in [3.63, 3.8) is 0 Å². The van der Waals surface area contributed by atoms with Crippen LogP contribution in [0.3, 0.4) is 0 Å². The fraction of sp³-hybridized carbons (Fsp3) is 0.412. The predicted octanol–water partition coefficient (Wildman–Crippen LogP) is 2.00. The van der Waals surface area contributed by atoms with E-state index in [-0.39, 0.29) is 12.0 Å². The summed E-state index contributed by atoms with van der Waals surface area (Å²) in [5, 5.41) is 0. The molecule has 2 aromatic heterocycles. The van der Waals surface area contributed by atoms with Gasteiger partial charge < -0.3 is 9.64 Å². The largest absolute Gasteiger partial charge is 0.370 e. The molecule has 23 heavy (non-hydrogen) atoms. The number of hydrogen-bond acceptors (Lipinski definition) is 5. The summed E-state index contributed by atoms with van der Waals surface area (Å²) in [5.74, 6) is -0.0800. The quantitative estimate of drug-likeness (QED) is 0.864. The van der Waals surface area contributed by atoms with Gasteiger partial charge >= 0.3 is 0 Å². The lowest BCUT2D eigenvalue weighted by atomic mass is 10.1. The zero-order valence-electron chi connectivity index (χ0n) is 13.2. The van der Waals surface area contributed by atoms with Crippen molar-refractivity contribution >= 4 is 5.91 Å². The van der Waals surface area contributed by atoms with Gasteiger partial charge in [0.2, 0.25) is 0 Å². The smallest absolute Gasteiger partial charge is 0.274 e. The zero-order chi connectivity index (χ0) is 16.1. The molecule has 6 nitrogen and oxygen atoms in total. The molecule has 0 N–H and O–H groups in total. The Hall–Kier alpha value is -2.34. The fourth-order valence-corrected chi connectivity index (χ4v) is 2.61. The first kappa shape index (κ1) is 15.6. The van der Waals surface area contributed by atoms with Crippen LogP contribution in [0, 0.1) is 6.92 Å². The molecule has 0 radical (unpaired) electrons. The van der Waals surface area contributed by atoms with Crippen molar-refractivity contribution in [2.45, 2.75) is 32.5 Å². The number of aromatic nitrogens is 3. The number of carbonyl (C=O) groups is 1. The molecule has 1 amide bonds. The Morgan fingerprint density at radius 3 is 2.96 bits per heavy atom. The van der Waals surface area contributed by atoms with E-state index in [1.165, 1.54) is 6.20 Å². The van der Waals surface area contributed by atoms with E-state index in [4.69, 9.17) is 4.74 Å². The van der Waals surface area contributed by atoms with Gasteiger partial charge in [0.1, 0.15) is 5.69 Å². The van der Waals surface area contributed by atoms with Crippen LogP contribution in [0.4, 0.5) is 0 Å². The summed E-state index contributed by atoms with van der Waals surface area (Å²) < 4.78 is 5.91. The molecule has 0 saturated carbocycles. The maximum atomic E-state index is 12.5. The molecule has 1 aliphatic heterocycles. The van der Waals surface area contributed by atoms with Crippen LogP contribution in [0.2, 0.25) is 0 Å². The summed E-state index contributed by atoms with van der Waals surface area (Å²) >= 11 is 0. The second-order valence-corrected chi connectivity index (χ2v) is 5.69. The van der Waals surface area contributed by atoms with Gasteiger partial charge in [-0.05, 0) is 31.9 Å². The van der Waals surface area contributed by atoms with E-state index in [0.717, 1.165) is 30.8 Å². The Kier molecular flexibility index (Phi) is 4.92. The van der Waals surface area contributed by atoms with E-state index in [9.17, 15) is 4.79 Å². The number of nitrogens with zero attached hydrogens (tertiary/aromatic N) is 4. The molecule has 3 rings (SSSR count). The molecule has 1 aliphatic rings. The Balaban J connectivity index is 1.57. The highest BCUT2D eigenvalue weighted by Gasteiger charge is 2.25. The Labute approximate surface area is 135 Å². The highest BCUT2D eigenvalue weighted by Crippen LogP contribution is 2.16. The molecular weight excluding hydrogens is 292 g/mol. The second-order valence-electron chi connectivity index (χ2n) is 5.69. The standard InChI is InChI=1S/C17H20N4O2/c1-13-9-20-16(10-19-13)17(22)21-8-4-6-15(11-21)23-12-14-5-2-3-7-18-14/h2-3,5,7,9-10,15H,4,6,8,11-12H2,1H3. The molecule has 2 aromatic rings. The van der Waals surface area contributed by atoms with Crippen LogP contribution in [0.15, 0.2) is 36.8 Å². The zero-order valence-corrected chi connectivity index (χ0v) is 13.2. The van der Waals surface area contributed by atoms with Gasteiger partial charge in [-0.2, -0.15) is 0 Å². The molecule has 1 unspecified atom stereocenters. The van der Waals surface area contributed by atoms with Crippen LogP contribution in [0.5, 0.6) is 0 Å². The molecule has 0 spiro atoms. The van der Waals surface area contributed by atoms with Crippen molar-refractivity contribution in [1.82, 2.24) is 19.9 Å². The van der Waals surface area contributed by atoms with Gasteiger partial charge in [-0.1, -0.05) is 6.07 Å². The van der Waals surface area contributed by atoms with Crippen molar-refractivity contribution < 1.29 is 9.53 Å². The van der Waals surface area contributed by atoms with Crippen molar-refractivity contribution in [1.29, 1.82) is 0 Å². The van der Waals surface area contributed by atoms with E-state index >= 15 is 0 Å². The highest BCUT2D eigenvalue weighted by molar-refractivity contribution is 5.92. The molecule has 0 aromatic carbocycles. The summed E-state index contributed by atoms with van der Waals surface area (Å²) in [6.07, 6.45) is 6.83. The third kappa shape index (κ3) is 4.10. The number of pyridine rings is 1. The van der Waals surface area contributed by atoms with Crippen LogP contribution in [-0.4, -0.2) is 45.0 Å². The van der Waals surface area contributed by atoms with Crippen molar-refractivity contribution in [2.75, 3.05) is 13.1 Å². The van der Waals surface area contributed by atoms with Crippen molar-refractivity contribution in [3.8, 4) is 0 Å². The summed E-state index contributed by atoms with van der Waals surface area (Å²) in [6, 6.07) is 5.76. The molecule has 3 heterocycles. The maximum Gasteiger partial charge on any atom is 0.274 e. The third-order valence-electron chi connectivity index (χ3n) is 3.86. The molecular formula is C17H20N4O2. The van der Waals surface area contributed by atoms with Crippen LogP contribution in [0.25, 0.3) is 0 Å². The molecule has 0 bridgehead atoms. The van der Waals surface area contributed by atoms with E-state index in [1.807, 2.05) is 25.1 Å². The van der Waals surface area contributed by atoms with E-state index in [0.29, 0.717) is 18.8 Å². The number of ether oxygens (including phenoxy) is 1. The number of hydrogen-bond donors (Lipinski definition) is 0. The molecule has 6 heteroatoms. The summed E-state index contributed by atoms with van der Waals surface area (Å²) in [7, 11) is 0. The number of likely N-dealkylation sites (tertiary alicyclic amines) is 1. The van der Waals surface area contributed by atoms with Crippen molar-refractivity contribution in [2.24, 2.45) is 0 Å². The van der Waals surface area contributed by atoms with Crippen molar-refractivity contribution in [3.05, 3.63) is 53.9 Å². The van der Waals surface area contributed by atoms with Gasteiger partial charge in [0.05, 0.1) is 30.3 Å². The Morgan fingerprint density at radius 1 is 1.30 bits per heavy atom. The number of rotatable bonds is 4. The van der Waals surface area contributed by atoms with Gasteiger partial charge in [-0.25, -0.2) is 4.98 Å². The first-order chi connectivity index (χ1) is 11.2. The monoisotopic (exact) mass is 312 g/mol. The van der Waals surface area contributed by atoms with Gasteiger partial charge in [-0.3, -0.25) is 14.8 Å². The lowest BCUT2D eigenvalue weighted by Crippen LogP contribution is -2.43. The number of piperidine rings is 1.